The van der Waals surface area contributed by atoms with Gasteiger partial charge in [-0.2, -0.15) is 5.26 Å². The first-order valence-corrected chi connectivity index (χ1v) is 12.5. The first-order valence-electron chi connectivity index (χ1n) is 12.5. The van der Waals surface area contributed by atoms with Gasteiger partial charge in [0, 0.05) is 12.3 Å². The van der Waals surface area contributed by atoms with E-state index in [9.17, 15) is 15.2 Å². The van der Waals surface area contributed by atoms with Gasteiger partial charge in [0.1, 0.15) is 6.61 Å². The second-order valence-corrected chi connectivity index (χ2v) is 10.2. The van der Waals surface area contributed by atoms with Crippen molar-refractivity contribution in [3.05, 3.63) is 95.1 Å². The maximum atomic E-state index is 13.4. The van der Waals surface area contributed by atoms with Crippen molar-refractivity contribution in [3.63, 3.8) is 0 Å². The molecule has 182 valence electrons. The second kappa shape index (κ2) is 9.09. The molecular formula is C30H28N2O4. The predicted octanol–water partition coefficient (Wildman–Crippen LogP) is 4.64. The van der Waals surface area contributed by atoms with Crippen LogP contribution in [-0.2, 0) is 15.9 Å². The maximum Gasteiger partial charge on any atom is 0.410 e. The Bertz CT molecular complexity index is 1290. The molecule has 3 aromatic carbocycles. The van der Waals surface area contributed by atoms with E-state index in [2.05, 4.69) is 30.3 Å². The number of hydrogen-bond acceptors (Lipinski definition) is 5. The Hall–Kier alpha value is -3.66. The van der Waals surface area contributed by atoms with E-state index < -0.39 is 5.60 Å². The minimum Gasteiger partial charge on any atom is -0.448 e. The fraction of sp³-hybridized carbons (Fsp3) is 0.333. The monoisotopic (exact) mass is 480 g/mol. The number of carbonyl (C=O) groups is 1. The number of nitrogens with zero attached hydrogens (tertiary/aromatic N) is 2. The minimum absolute atomic E-state index is 0.00609. The summed E-state index contributed by atoms with van der Waals surface area (Å²) in [7, 11) is 0. The summed E-state index contributed by atoms with van der Waals surface area (Å²) in [6.07, 6.45) is 0.909. The van der Waals surface area contributed by atoms with Crippen molar-refractivity contribution in [1.82, 2.24) is 4.90 Å². The Morgan fingerprint density at radius 2 is 1.64 bits per heavy atom. The van der Waals surface area contributed by atoms with E-state index in [1.54, 1.807) is 11.0 Å². The zero-order valence-electron chi connectivity index (χ0n) is 20.0. The molecule has 1 amide bonds. The van der Waals surface area contributed by atoms with Crippen LogP contribution in [-0.4, -0.2) is 53.6 Å². The number of rotatable bonds is 4. The van der Waals surface area contributed by atoms with Crippen LogP contribution in [0, 0.1) is 11.3 Å². The van der Waals surface area contributed by atoms with Crippen LogP contribution < -0.4 is 0 Å². The smallest absolute Gasteiger partial charge is 0.410 e. The highest BCUT2D eigenvalue weighted by atomic mass is 16.6. The van der Waals surface area contributed by atoms with E-state index in [1.165, 1.54) is 22.3 Å². The lowest BCUT2D eigenvalue weighted by Crippen LogP contribution is -2.64. The van der Waals surface area contributed by atoms with Crippen molar-refractivity contribution in [2.45, 2.75) is 42.9 Å². The summed E-state index contributed by atoms with van der Waals surface area (Å²) < 4.78 is 11.7. The van der Waals surface area contributed by atoms with Crippen molar-refractivity contribution in [2.75, 3.05) is 19.8 Å². The van der Waals surface area contributed by atoms with Gasteiger partial charge in [-0.15, -0.1) is 0 Å². The summed E-state index contributed by atoms with van der Waals surface area (Å²) in [5, 5.41) is 20.7. The fourth-order valence-corrected chi connectivity index (χ4v) is 6.32. The third-order valence-electron chi connectivity index (χ3n) is 7.77. The molecule has 6 rings (SSSR count). The number of piperidine rings is 1. The molecule has 2 fully saturated rings. The Balaban J connectivity index is 1.17. The van der Waals surface area contributed by atoms with Crippen LogP contribution in [0.25, 0.3) is 11.1 Å². The van der Waals surface area contributed by atoms with E-state index in [0.29, 0.717) is 38.0 Å². The number of aliphatic hydroxyl groups is 1. The maximum absolute atomic E-state index is 13.4. The molecule has 2 aliphatic heterocycles. The molecule has 1 aliphatic carbocycles. The van der Waals surface area contributed by atoms with Gasteiger partial charge in [-0.1, -0.05) is 60.7 Å². The van der Waals surface area contributed by atoms with E-state index in [1.807, 2.05) is 42.5 Å². The summed E-state index contributed by atoms with van der Waals surface area (Å²) in [6, 6.07) is 25.6. The van der Waals surface area contributed by atoms with E-state index >= 15 is 0 Å². The zero-order chi connectivity index (χ0) is 24.7. The van der Waals surface area contributed by atoms with Gasteiger partial charge in [-0.3, -0.25) is 4.90 Å². The molecule has 2 saturated heterocycles. The number of nitriles is 1. The van der Waals surface area contributed by atoms with Gasteiger partial charge in [0.2, 0.25) is 0 Å². The molecule has 0 radical (unpaired) electrons. The Morgan fingerprint density at radius 3 is 2.28 bits per heavy atom. The van der Waals surface area contributed by atoms with E-state index in [4.69, 9.17) is 9.47 Å². The number of hydrogen-bond donors (Lipinski definition) is 1. The standard InChI is InChI=1S/C30H28N2O4/c31-16-21-7-5-6-20(12-21)13-30(34)14-22-17-35-18-23(15-30)32(22)29(33)36-19-28-26-10-3-1-8-24(26)25-9-2-4-11-27(25)28/h1-12,22-23,28,34H,13-15,17-19H2. The number of benzene rings is 3. The summed E-state index contributed by atoms with van der Waals surface area (Å²) in [6.45, 7) is 1.03. The fourth-order valence-electron chi connectivity index (χ4n) is 6.32. The lowest BCUT2D eigenvalue weighted by atomic mass is 9.77. The highest BCUT2D eigenvalue weighted by Crippen LogP contribution is 2.45. The van der Waals surface area contributed by atoms with Crippen LogP contribution in [0.2, 0.25) is 0 Å². The van der Waals surface area contributed by atoms with Crippen molar-refractivity contribution in [3.8, 4) is 17.2 Å². The van der Waals surface area contributed by atoms with Crippen LogP contribution in [0.15, 0.2) is 72.8 Å². The normalized spacial score (nSPS) is 24.5. The third-order valence-corrected chi connectivity index (χ3v) is 7.77. The van der Waals surface area contributed by atoms with Gasteiger partial charge < -0.3 is 14.6 Å². The van der Waals surface area contributed by atoms with Crippen LogP contribution in [0.1, 0.15) is 41.0 Å². The summed E-state index contributed by atoms with van der Waals surface area (Å²) >= 11 is 0. The van der Waals surface area contributed by atoms with Gasteiger partial charge in [-0.05, 0) is 52.8 Å². The molecule has 0 aromatic heterocycles. The molecular weight excluding hydrogens is 452 g/mol. The molecule has 6 heteroatoms. The predicted molar refractivity (Wildman–Crippen MR) is 134 cm³/mol. The second-order valence-electron chi connectivity index (χ2n) is 10.2. The molecule has 3 aliphatic rings. The highest BCUT2D eigenvalue weighted by Gasteiger charge is 2.48. The average Bonchev–Trinajstić information content (AvgIpc) is 3.20. The van der Waals surface area contributed by atoms with Crippen molar-refractivity contribution >= 4 is 6.09 Å². The zero-order valence-corrected chi connectivity index (χ0v) is 20.0. The SMILES string of the molecule is N#Cc1cccc(CC2(O)CC3COCC(C2)N3C(=O)OCC2c3ccccc3-c3ccccc32)c1. The van der Waals surface area contributed by atoms with Crippen LogP contribution in [0.3, 0.4) is 0 Å². The highest BCUT2D eigenvalue weighted by molar-refractivity contribution is 5.79. The lowest BCUT2D eigenvalue weighted by Gasteiger charge is -2.51. The number of ether oxygens (including phenoxy) is 2. The summed E-state index contributed by atoms with van der Waals surface area (Å²) in [4.78, 5) is 15.2. The molecule has 36 heavy (non-hydrogen) atoms. The van der Waals surface area contributed by atoms with E-state index in [0.717, 1.165) is 5.56 Å². The quantitative estimate of drug-likeness (QED) is 0.588. The molecule has 0 saturated carbocycles. The topological polar surface area (TPSA) is 82.8 Å². The van der Waals surface area contributed by atoms with Gasteiger partial charge in [0.25, 0.3) is 0 Å². The first kappa shape index (κ1) is 22.8. The number of carbonyl (C=O) groups excluding carboxylic acids is 1. The molecule has 0 spiro atoms. The van der Waals surface area contributed by atoms with Gasteiger partial charge in [-0.25, -0.2) is 4.79 Å². The largest absolute Gasteiger partial charge is 0.448 e. The van der Waals surface area contributed by atoms with Gasteiger partial charge in [0.15, 0.2) is 0 Å². The minimum atomic E-state index is -0.965. The van der Waals surface area contributed by atoms with Gasteiger partial charge >= 0.3 is 6.09 Å². The van der Waals surface area contributed by atoms with E-state index in [-0.39, 0.29) is 30.7 Å². The van der Waals surface area contributed by atoms with Crippen LogP contribution >= 0.6 is 0 Å². The molecule has 2 heterocycles. The Kier molecular flexibility index (Phi) is 5.75. The van der Waals surface area contributed by atoms with Crippen molar-refractivity contribution in [2.24, 2.45) is 0 Å². The Labute approximate surface area is 210 Å². The average molecular weight is 481 g/mol. The van der Waals surface area contributed by atoms with Crippen molar-refractivity contribution in [1.29, 1.82) is 5.26 Å². The molecule has 3 aromatic rings. The molecule has 6 nitrogen and oxygen atoms in total. The Morgan fingerprint density at radius 1 is 1.00 bits per heavy atom. The summed E-state index contributed by atoms with van der Waals surface area (Å²) in [5.74, 6) is 0.00609. The molecule has 2 unspecified atom stereocenters. The number of morpholine rings is 1. The summed E-state index contributed by atoms with van der Waals surface area (Å²) in [5.41, 5.74) is 5.30. The first-order chi connectivity index (χ1) is 17.5. The number of fused-ring (bicyclic) bond motifs is 5. The number of amides is 1. The molecule has 2 bridgehead atoms. The molecule has 2 atom stereocenters. The van der Waals surface area contributed by atoms with Gasteiger partial charge in [0.05, 0.1) is 42.5 Å². The van der Waals surface area contributed by atoms with Crippen molar-refractivity contribution < 1.29 is 19.4 Å². The third kappa shape index (κ3) is 4.05. The lowest BCUT2D eigenvalue weighted by molar-refractivity contribution is -0.132. The van der Waals surface area contributed by atoms with Crippen LogP contribution in [0.4, 0.5) is 4.79 Å². The van der Waals surface area contributed by atoms with Crippen LogP contribution in [0.5, 0.6) is 0 Å². The molecule has 1 N–H and O–H groups in total.